The van der Waals surface area contributed by atoms with Gasteiger partial charge in [-0.05, 0) is 18.2 Å². The Morgan fingerprint density at radius 2 is 1.95 bits per heavy atom. The van der Waals surface area contributed by atoms with E-state index in [9.17, 15) is 9.18 Å². The summed E-state index contributed by atoms with van der Waals surface area (Å²) in [6.07, 6.45) is 2.34. The summed E-state index contributed by atoms with van der Waals surface area (Å²) in [5, 5.41) is 3.06. The molecule has 0 bridgehead atoms. The van der Waals surface area contributed by atoms with Crippen molar-refractivity contribution in [3.8, 4) is 0 Å². The molecule has 0 radical (unpaired) electrons. The number of carbonyl (C=O) groups excluding carboxylic acids is 1. The van der Waals surface area contributed by atoms with Crippen molar-refractivity contribution in [1.82, 2.24) is 14.9 Å². The van der Waals surface area contributed by atoms with Crippen LogP contribution in [-0.4, -0.2) is 47.5 Å². The molecule has 0 atom stereocenters. The maximum atomic E-state index is 13.2. The van der Waals surface area contributed by atoms with Gasteiger partial charge in [-0.3, -0.25) is 4.79 Å². The highest BCUT2D eigenvalue weighted by molar-refractivity contribution is 5.59. The molecule has 3 rings (SSSR count). The molecule has 1 aliphatic heterocycles. The predicted molar refractivity (Wildman–Crippen MR) is 81.6 cm³/mol. The van der Waals surface area contributed by atoms with Crippen molar-refractivity contribution < 1.29 is 9.18 Å². The number of rotatable bonds is 4. The Kier molecular flexibility index (Phi) is 4.13. The number of nitrogens with zero attached hydrogens (tertiary/aromatic N) is 4. The van der Waals surface area contributed by atoms with E-state index < -0.39 is 0 Å². The zero-order valence-corrected chi connectivity index (χ0v) is 11.9. The first-order chi connectivity index (χ1) is 10.7. The lowest BCUT2D eigenvalue weighted by Gasteiger charge is -2.33. The van der Waals surface area contributed by atoms with E-state index in [4.69, 9.17) is 0 Å². The maximum absolute atomic E-state index is 13.2. The van der Waals surface area contributed by atoms with Crippen LogP contribution in [0, 0.1) is 5.82 Å². The molecule has 1 aromatic carbocycles. The Balaban J connectivity index is 1.71. The van der Waals surface area contributed by atoms with Gasteiger partial charge in [-0.1, -0.05) is 6.07 Å². The first-order valence-electron chi connectivity index (χ1n) is 7.03. The van der Waals surface area contributed by atoms with Crippen LogP contribution in [0.4, 0.5) is 21.7 Å². The van der Waals surface area contributed by atoms with Crippen LogP contribution in [0.1, 0.15) is 0 Å². The fourth-order valence-electron chi connectivity index (χ4n) is 2.36. The zero-order chi connectivity index (χ0) is 15.4. The molecule has 2 heterocycles. The third kappa shape index (κ3) is 3.30. The number of piperazine rings is 1. The molecule has 6 nitrogen and oxygen atoms in total. The van der Waals surface area contributed by atoms with Gasteiger partial charge in [0.2, 0.25) is 6.41 Å². The second-order valence-corrected chi connectivity index (χ2v) is 5.03. The largest absolute Gasteiger partial charge is 0.353 e. The highest BCUT2D eigenvalue weighted by Gasteiger charge is 2.17. The van der Waals surface area contributed by atoms with Gasteiger partial charge in [0.05, 0.1) is 0 Å². The molecule has 0 spiro atoms. The summed E-state index contributed by atoms with van der Waals surface area (Å²) in [6.45, 7) is 2.82. The van der Waals surface area contributed by atoms with Crippen LogP contribution in [0.2, 0.25) is 0 Å². The van der Waals surface area contributed by atoms with E-state index in [1.165, 1.54) is 18.5 Å². The lowest BCUT2D eigenvalue weighted by molar-refractivity contribution is -0.118. The van der Waals surface area contributed by atoms with Crippen LogP contribution in [0.15, 0.2) is 36.7 Å². The fraction of sp³-hybridized carbons (Fsp3) is 0.267. The number of carbonyl (C=O) groups is 1. The lowest BCUT2D eigenvalue weighted by Crippen LogP contribution is -2.46. The monoisotopic (exact) mass is 301 g/mol. The Hall–Kier alpha value is -2.70. The van der Waals surface area contributed by atoms with Crippen molar-refractivity contribution in [2.24, 2.45) is 0 Å². The number of hydrogen-bond donors (Lipinski definition) is 1. The molecule has 1 fully saturated rings. The van der Waals surface area contributed by atoms with E-state index in [2.05, 4.69) is 20.2 Å². The summed E-state index contributed by atoms with van der Waals surface area (Å²) in [5.41, 5.74) is 0.635. The minimum atomic E-state index is -0.302. The van der Waals surface area contributed by atoms with Gasteiger partial charge in [-0.2, -0.15) is 0 Å². The molecule has 0 saturated carbocycles. The number of aromatic nitrogens is 2. The minimum Gasteiger partial charge on any atom is -0.353 e. The minimum absolute atomic E-state index is 0.302. The van der Waals surface area contributed by atoms with Gasteiger partial charge < -0.3 is 15.1 Å². The number of halogens is 1. The summed E-state index contributed by atoms with van der Waals surface area (Å²) in [5.74, 6) is 1.09. The van der Waals surface area contributed by atoms with Crippen LogP contribution in [0.3, 0.4) is 0 Å². The molecule has 0 unspecified atom stereocenters. The Bertz CT molecular complexity index is 658. The van der Waals surface area contributed by atoms with Gasteiger partial charge in [-0.25, -0.2) is 14.4 Å². The molecular formula is C15H16FN5O. The van der Waals surface area contributed by atoms with E-state index in [1.54, 1.807) is 17.0 Å². The van der Waals surface area contributed by atoms with E-state index >= 15 is 0 Å². The van der Waals surface area contributed by atoms with Gasteiger partial charge >= 0.3 is 0 Å². The molecule has 1 aliphatic rings. The van der Waals surface area contributed by atoms with Crippen molar-refractivity contribution in [2.45, 2.75) is 0 Å². The summed E-state index contributed by atoms with van der Waals surface area (Å²) in [6, 6.07) is 8.03. The maximum Gasteiger partial charge on any atom is 0.209 e. The number of anilines is 3. The van der Waals surface area contributed by atoms with Crippen LogP contribution in [0.5, 0.6) is 0 Å². The molecule has 0 aliphatic carbocycles. The van der Waals surface area contributed by atoms with Crippen molar-refractivity contribution in [2.75, 3.05) is 36.4 Å². The number of benzene rings is 1. The van der Waals surface area contributed by atoms with E-state index in [-0.39, 0.29) is 5.82 Å². The average Bonchev–Trinajstić information content (AvgIpc) is 2.55. The molecule has 2 aromatic rings. The molecular weight excluding hydrogens is 285 g/mol. The summed E-state index contributed by atoms with van der Waals surface area (Å²) < 4.78 is 13.2. The topological polar surface area (TPSA) is 61.4 Å². The molecule has 7 heteroatoms. The average molecular weight is 301 g/mol. The van der Waals surface area contributed by atoms with Crippen LogP contribution >= 0.6 is 0 Å². The summed E-state index contributed by atoms with van der Waals surface area (Å²) in [4.78, 5) is 23.0. The first kappa shape index (κ1) is 14.2. The number of hydrogen-bond acceptors (Lipinski definition) is 5. The molecule has 1 amide bonds. The fourth-order valence-corrected chi connectivity index (χ4v) is 2.36. The SMILES string of the molecule is O=CN1CCN(c2cc(Nc3cccc(F)c3)ncn2)CC1. The van der Waals surface area contributed by atoms with Crippen molar-refractivity contribution in [3.63, 3.8) is 0 Å². The Morgan fingerprint density at radius 1 is 1.14 bits per heavy atom. The van der Waals surface area contributed by atoms with Gasteiger partial charge in [0, 0.05) is 37.9 Å². The van der Waals surface area contributed by atoms with E-state index in [0.717, 1.165) is 25.3 Å². The summed E-state index contributed by atoms with van der Waals surface area (Å²) >= 11 is 0. The zero-order valence-electron chi connectivity index (χ0n) is 11.9. The molecule has 114 valence electrons. The van der Waals surface area contributed by atoms with E-state index in [0.29, 0.717) is 24.6 Å². The standard InChI is InChI=1S/C15H16FN5O/c16-12-2-1-3-13(8-12)19-14-9-15(18-10-17-14)21-6-4-20(11-22)5-7-21/h1-3,8-11H,4-7H2,(H,17,18,19). The Labute approximate surface area is 127 Å². The van der Waals surface area contributed by atoms with Crippen molar-refractivity contribution >= 4 is 23.7 Å². The lowest BCUT2D eigenvalue weighted by atomic mass is 10.3. The van der Waals surface area contributed by atoms with Crippen LogP contribution < -0.4 is 10.2 Å². The predicted octanol–water partition coefficient (Wildman–Crippen LogP) is 1.64. The molecule has 1 saturated heterocycles. The molecule has 1 N–H and O–H groups in total. The van der Waals surface area contributed by atoms with E-state index in [1.807, 2.05) is 6.07 Å². The van der Waals surface area contributed by atoms with Crippen LogP contribution in [0.25, 0.3) is 0 Å². The highest BCUT2D eigenvalue weighted by atomic mass is 19.1. The molecule has 1 aromatic heterocycles. The smallest absolute Gasteiger partial charge is 0.209 e. The number of nitrogens with one attached hydrogen (secondary N) is 1. The van der Waals surface area contributed by atoms with Crippen molar-refractivity contribution in [3.05, 3.63) is 42.5 Å². The quantitative estimate of drug-likeness (QED) is 0.870. The Morgan fingerprint density at radius 3 is 2.68 bits per heavy atom. The third-order valence-electron chi connectivity index (χ3n) is 3.54. The van der Waals surface area contributed by atoms with Gasteiger partial charge in [0.25, 0.3) is 0 Å². The number of amides is 1. The van der Waals surface area contributed by atoms with Gasteiger partial charge in [-0.15, -0.1) is 0 Å². The third-order valence-corrected chi connectivity index (χ3v) is 3.54. The van der Waals surface area contributed by atoms with Gasteiger partial charge in [0.15, 0.2) is 0 Å². The second-order valence-electron chi connectivity index (χ2n) is 5.03. The first-order valence-corrected chi connectivity index (χ1v) is 7.03. The normalized spacial score (nSPS) is 14.8. The highest BCUT2D eigenvalue weighted by Crippen LogP contribution is 2.19. The van der Waals surface area contributed by atoms with Gasteiger partial charge in [0.1, 0.15) is 23.8 Å². The van der Waals surface area contributed by atoms with Crippen molar-refractivity contribution in [1.29, 1.82) is 0 Å². The second kappa shape index (κ2) is 6.38. The van der Waals surface area contributed by atoms with Crippen LogP contribution in [-0.2, 0) is 4.79 Å². The molecule has 22 heavy (non-hydrogen) atoms. The summed E-state index contributed by atoms with van der Waals surface area (Å²) in [7, 11) is 0.